The van der Waals surface area contributed by atoms with E-state index in [0.29, 0.717) is 26.2 Å². The van der Waals surface area contributed by atoms with Crippen molar-refractivity contribution in [2.45, 2.75) is 33.9 Å². The van der Waals surface area contributed by atoms with Gasteiger partial charge in [0.25, 0.3) is 0 Å². The fourth-order valence-corrected chi connectivity index (χ4v) is 2.40. The summed E-state index contributed by atoms with van der Waals surface area (Å²) in [6.07, 6.45) is 0. The molecule has 0 aliphatic carbocycles. The van der Waals surface area contributed by atoms with Crippen molar-refractivity contribution in [2.24, 2.45) is 12.0 Å². The molecule has 0 spiro atoms. The summed E-state index contributed by atoms with van der Waals surface area (Å²) in [5, 5.41) is 14.8. The second-order valence-corrected chi connectivity index (χ2v) is 6.09. The molecule has 25 heavy (non-hydrogen) atoms. The van der Waals surface area contributed by atoms with Crippen LogP contribution in [0.3, 0.4) is 0 Å². The fourth-order valence-electron chi connectivity index (χ4n) is 2.40. The van der Waals surface area contributed by atoms with Crippen LogP contribution in [0.2, 0.25) is 0 Å². The van der Waals surface area contributed by atoms with E-state index in [2.05, 4.69) is 57.9 Å². The summed E-state index contributed by atoms with van der Waals surface area (Å²) in [5.41, 5.74) is 3.73. The van der Waals surface area contributed by atoms with Gasteiger partial charge in [-0.1, -0.05) is 23.8 Å². The largest absolute Gasteiger partial charge is 0.383 e. The maximum atomic E-state index is 5.10. The monoisotopic (exact) mass is 344 g/mol. The Morgan fingerprint density at radius 2 is 2.00 bits per heavy atom. The number of nitrogens with one attached hydrogen (secondary N) is 2. The second kappa shape index (κ2) is 9.17. The number of aromatic nitrogens is 3. The molecule has 136 valence electrons. The van der Waals surface area contributed by atoms with Crippen molar-refractivity contribution in [3.63, 3.8) is 0 Å². The highest BCUT2D eigenvalue weighted by Crippen LogP contribution is 2.11. The van der Waals surface area contributed by atoms with Gasteiger partial charge in [-0.3, -0.25) is 0 Å². The SMILES string of the molecule is COCCNC(=NCc1ccc(C)cc1C)NCc1nnc(C)n1C. The lowest BCUT2D eigenvalue weighted by atomic mass is 10.1. The van der Waals surface area contributed by atoms with Crippen LogP contribution in [0.1, 0.15) is 28.3 Å². The first kappa shape index (κ1) is 18.9. The summed E-state index contributed by atoms with van der Waals surface area (Å²) in [6.45, 7) is 8.63. The summed E-state index contributed by atoms with van der Waals surface area (Å²) in [6, 6.07) is 6.43. The van der Waals surface area contributed by atoms with Crippen LogP contribution in [0.5, 0.6) is 0 Å². The number of hydrogen-bond donors (Lipinski definition) is 2. The summed E-state index contributed by atoms with van der Waals surface area (Å²) in [4.78, 5) is 4.69. The third kappa shape index (κ3) is 5.56. The molecule has 0 saturated heterocycles. The Hall–Kier alpha value is -2.41. The molecule has 1 aromatic heterocycles. The average Bonchev–Trinajstić information content (AvgIpc) is 2.90. The maximum Gasteiger partial charge on any atom is 0.192 e. The summed E-state index contributed by atoms with van der Waals surface area (Å²) in [7, 11) is 3.64. The van der Waals surface area contributed by atoms with Crippen LogP contribution in [-0.4, -0.2) is 41.0 Å². The lowest BCUT2D eigenvalue weighted by molar-refractivity contribution is 0.203. The highest BCUT2D eigenvalue weighted by atomic mass is 16.5. The van der Waals surface area contributed by atoms with Crippen molar-refractivity contribution >= 4 is 5.96 Å². The van der Waals surface area contributed by atoms with Crippen molar-refractivity contribution in [2.75, 3.05) is 20.3 Å². The molecule has 0 fully saturated rings. The molecule has 1 heterocycles. The molecule has 7 heteroatoms. The van der Waals surface area contributed by atoms with Crippen molar-refractivity contribution in [1.29, 1.82) is 0 Å². The van der Waals surface area contributed by atoms with Gasteiger partial charge in [0.1, 0.15) is 5.82 Å². The van der Waals surface area contributed by atoms with E-state index < -0.39 is 0 Å². The Morgan fingerprint density at radius 1 is 1.20 bits per heavy atom. The van der Waals surface area contributed by atoms with E-state index in [1.807, 2.05) is 18.5 Å². The zero-order valence-corrected chi connectivity index (χ0v) is 15.8. The van der Waals surface area contributed by atoms with E-state index in [1.54, 1.807) is 7.11 Å². The first-order chi connectivity index (χ1) is 12.0. The molecule has 0 atom stereocenters. The minimum absolute atomic E-state index is 0.559. The van der Waals surface area contributed by atoms with Crippen molar-refractivity contribution in [3.8, 4) is 0 Å². The summed E-state index contributed by atoms with van der Waals surface area (Å²) < 4.78 is 7.06. The lowest BCUT2D eigenvalue weighted by Crippen LogP contribution is -2.39. The maximum absolute atomic E-state index is 5.10. The number of ether oxygens (including phenoxy) is 1. The van der Waals surface area contributed by atoms with E-state index >= 15 is 0 Å². The van der Waals surface area contributed by atoms with Gasteiger partial charge < -0.3 is 19.9 Å². The highest BCUT2D eigenvalue weighted by Gasteiger charge is 2.06. The number of rotatable bonds is 7. The zero-order chi connectivity index (χ0) is 18.2. The third-order valence-electron chi connectivity index (χ3n) is 4.10. The first-order valence-electron chi connectivity index (χ1n) is 8.43. The molecule has 0 aliphatic rings. The minimum atomic E-state index is 0.559. The third-order valence-corrected chi connectivity index (χ3v) is 4.10. The number of aliphatic imine (C=N–C) groups is 1. The number of aryl methyl sites for hydroxylation is 3. The molecule has 0 unspecified atom stereocenters. The molecule has 2 aromatic rings. The summed E-state index contributed by atoms with van der Waals surface area (Å²) in [5.74, 6) is 2.49. The molecular weight excluding hydrogens is 316 g/mol. The molecule has 0 amide bonds. The Bertz CT molecular complexity index is 722. The molecule has 7 nitrogen and oxygen atoms in total. The number of benzene rings is 1. The highest BCUT2D eigenvalue weighted by molar-refractivity contribution is 5.79. The van der Waals surface area contributed by atoms with Crippen molar-refractivity contribution in [1.82, 2.24) is 25.4 Å². The predicted molar refractivity (Wildman–Crippen MR) is 99.5 cm³/mol. The molecule has 2 rings (SSSR count). The zero-order valence-electron chi connectivity index (χ0n) is 15.8. The molecule has 2 N–H and O–H groups in total. The Kier molecular flexibility index (Phi) is 6.94. The molecular formula is C18H28N6O. The van der Waals surface area contributed by atoms with E-state index in [0.717, 1.165) is 17.6 Å². The Morgan fingerprint density at radius 3 is 2.64 bits per heavy atom. The van der Waals surface area contributed by atoms with Crippen LogP contribution in [-0.2, 0) is 24.9 Å². The van der Waals surface area contributed by atoms with Crippen molar-refractivity contribution < 1.29 is 4.74 Å². The quantitative estimate of drug-likeness (QED) is 0.453. The van der Waals surface area contributed by atoms with Gasteiger partial charge >= 0.3 is 0 Å². The van der Waals surface area contributed by atoms with Crippen LogP contribution in [0.15, 0.2) is 23.2 Å². The molecule has 1 aromatic carbocycles. The van der Waals surface area contributed by atoms with Gasteiger partial charge in [-0.15, -0.1) is 10.2 Å². The van der Waals surface area contributed by atoms with Crippen LogP contribution < -0.4 is 10.6 Å². The standard InChI is InChI=1S/C18H28N6O/c1-13-6-7-16(14(2)10-13)11-20-18(19-8-9-25-5)21-12-17-23-22-15(3)24(17)4/h6-7,10H,8-9,11-12H2,1-5H3,(H2,19,20,21). The van der Waals surface area contributed by atoms with Crippen molar-refractivity contribution in [3.05, 3.63) is 46.5 Å². The van der Waals surface area contributed by atoms with E-state index in [1.165, 1.54) is 16.7 Å². The van der Waals surface area contributed by atoms with Gasteiger partial charge in [-0.05, 0) is 31.9 Å². The van der Waals surface area contributed by atoms with Crippen LogP contribution in [0.25, 0.3) is 0 Å². The van der Waals surface area contributed by atoms with Gasteiger partial charge in [0, 0.05) is 20.7 Å². The van der Waals surface area contributed by atoms with Crippen LogP contribution in [0, 0.1) is 20.8 Å². The van der Waals surface area contributed by atoms with Gasteiger partial charge in [0.05, 0.1) is 19.7 Å². The first-order valence-corrected chi connectivity index (χ1v) is 8.43. The van der Waals surface area contributed by atoms with E-state index in [9.17, 15) is 0 Å². The topological polar surface area (TPSA) is 76.4 Å². The molecule has 0 bridgehead atoms. The predicted octanol–water partition coefficient (Wildman–Crippen LogP) is 1.62. The number of guanidine groups is 1. The normalized spacial score (nSPS) is 11.6. The van der Waals surface area contributed by atoms with Gasteiger partial charge in [0.15, 0.2) is 11.8 Å². The molecule has 0 saturated carbocycles. The smallest absolute Gasteiger partial charge is 0.192 e. The molecule has 0 radical (unpaired) electrons. The van der Waals surface area contributed by atoms with E-state index in [4.69, 9.17) is 4.74 Å². The molecule has 0 aliphatic heterocycles. The average molecular weight is 344 g/mol. The number of nitrogens with zero attached hydrogens (tertiary/aromatic N) is 4. The number of methoxy groups -OCH3 is 1. The van der Waals surface area contributed by atoms with Gasteiger partial charge in [-0.25, -0.2) is 4.99 Å². The van der Waals surface area contributed by atoms with Gasteiger partial charge in [-0.2, -0.15) is 0 Å². The van der Waals surface area contributed by atoms with E-state index in [-0.39, 0.29) is 0 Å². The second-order valence-electron chi connectivity index (χ2n) is 6.09. The Labute approximate surface area is 149 Å². The lowest BCUT2D eigenvalue weighted by Gasteiger charge is -2.13. The fraction of sp³-hybridized carbons (Fsp3) is 0.500. The number of hydrogen-bond acceptors (Lipinski definition) is 4. The summed E-state index contributed by atoms with van der Waals surface area (Å²) >= 11 is 0. The minimum Gasteiger partial charge on any atom is -0.383 e. The van der Waals surface area contributed by atoms with Crippen LogP contribution in [0.4, 0.5) is 0 Å². The Balaban J connectivity index is 2.04. The van der Waals surface area contributed by atoms with Gasteiger partial charge in [0.2, 0.25) is 0 Å². The van der Waals surface area contributed by atoms with Crippen LogP contribution >= 0.6 is 0 Å².